The lowest BCUT2D eigenvalue weighted by molar-refractivity contribution is -0.388. The highest BCUT2D eigenvalue weighted by atomic mass is 16.6. The molecule has 0 saturated heterocycles. The van der Waals surface area contributed by atoms with Crippen LogP contribution in [0.5, 0.6) is 0 Å². The molecule has 1 unspecified atom stereocenters. The zero-order valence-corrected chi connectivity index (χ0v) is 13.6. The van der Waals surface area contributed by atoms with Crippen LogP contribution in [0.15, 0.2) is 30.6 Å². The number of hydrogen-bond donors (Lipinski definition) is 2. The maximum Gasteiger partial charge on any atom is 0.406 e. The molecule has 0 fully saturated rings. The van der Waals surface area contributed by atoms with Gasteiger partial charge in [-0.05, 0) is 27.5 Å². The first-order valence-corrected chi connectivity index (χ1v) is 7.91. The highest BCUT2D eigenvalue weighted by Crippen LogP contribution is 2.21. The van der Waals surface area contributed by atoms with Crippen molar-refractivity contribution in [1.82, 2.24) is 14.5 Å². The maximum absolute atomic E-state index is 10.9. The van der Waals surface area contributed by atoms with Crippen LogP contribution in [0.2, 0.25) is 0 Å². The fourth-order valence-corrected chi connectivity index (χ4v) is 3.04. The van der Waals surface area contributed by atoms with Crippen LogP contribution in [-0.2, 0) is 20.0 Å². The number of hydrogen-bond acceptors (Lipinski definition) is 6. The van der Waals surface area contributed by atoms with E-state index in [1.807, 2.05) is 12.1 Å². The normalized spacial score (nSPS) is 15.8. The Kier molecular flexibility index (Phi) is 4.77. The first kappa shape index (κ1) is 16.4. The van der Waals surface area contributed by atoms with E-state index in [2.05, 4.69) is 27.3 Å². The summed E-state index contributed by atoms with van der Waals surface area (Å²) in [4.78, 5) is 16.3. The smallest absolute Gasteiger partial charge is 0.390 e. The van der Waals surface area contributed by atoms with Crippen LogP contribution in [0.1, 0.15) is 11.1 Å². The molecular formula is C16H21N5O3. The van der Waals surface area contributed by atoms with Crippen LogP contribution in [-0.4, -0.2) is 50.2 Å². The van der Waals surface area contributed by atoms with Gasteiger partial charge >= 0.3 is 5.82 Å². The molecule has 24 heavy (non-hydrogen) atoms. The topological polar surface area (TPSA) is 96.5 Å². The Morgan fingerprint density at radius 3 is 2.92 bits per heavy atom. The van der Waals surface area contributed by atoms with Gasteiger partial charge in [-0.15, -0.1) is 0 Å². The molecular weight excluding hydrogens is 310 g/mol. The number of aliphatic hydroxyl groups is 1. The second kappa shape index (κ2) is 6.98. The minimum Gasteiger partial charge on any atom is -0.390 e. The molecule has 1 aliphatic rings. The average Bonchev–Trinajstić information content (AvgIpc) is 2.94. The van der Waals surface area contributed by atoms with Gasteiger partial charge in [-0.25, -0.2) is 0 Å². The largest absolute Gasteiger partial charge is 0.406 e. The molecule has 2 aromatic rings. The third kappa shape index (κ3) is 3.55. The van der Waals surface area contributed by atoms with Gasteiger partial charge in [-0.2, -0.15) is 0 Å². The summed E-state index contributed by atoms with van der Waals surface area (Å²) in [6.07, 6.45) is 1.74. The van der Waals surface area contributed by atoms with Crippen molar-refractivity contribution in [3.8, 4) is 0 Å². The SMILES string of the molecule is Cn1cnc([N+](=O)[O-])c1NCC(O)CN1CCc2ccccc2C1. The molecule has 0 saturated carbocycles. The number of imidazole rings is 1. The minimum atomic E-state index is -0.621. The zero-order chi connectivity index (χ0) is 17.1. The Morgan fingerprint density at radius 1 is 1.42 bits per heavy atom. The van der Waals surface area contributed by atoms with E-state index in [1.165, 1.54) is 17.5 Å². The lowest BCUT2D eigenvalue weighted by Gasteiger charge is -2.30. The number of nitrogens with one attached hydrogen (secondary N) is 1. The summed E-state index contributed by atoms with van der Waals surface area (Å²) in [6.45, 7) is 2.48. The molecule has 0 spiro atoms. The van der Waals surface area contributed by atoms with Gasteiger partial charge in [0.15, 0.2) is 0 Å². The van der Waals surface area contributed by atoms with Gasteiger partial charge in [-0.3, -0.25) is 9.47 Å². The van der Waals surface area contributed by atoms with Crippen molar-refractivity contribution in [2.75, 3.05) is 25.0 Å². The van der Waals surface area contributed by atoms with Crippen LogP contribution in [0.4, 0.5) is 11.6 Å². The molecule has 0 aliphatic carbocycles. The number of nitro groups is 1. The van der Waals surface area contributed by atoms with Crippen molar-refractivity contribution >= 4 is 11.6 Å². The van der Waals surface area contributed by atoms with Crippen LogP contribution in [0.3, 0.4) is 0 Å². The molecule has 1 aliphatic heterocycles. The summed E-state index contributed by atoms with van der Waals surface area (Å²) in [5.41, 5.74) is 2.66. The van der Waals surface area contributed by atoms with E-state index in [0.717, 1.165) is 19.5 Å². The number of aromatic nitrogens is 2. The van der Waals surface area contributed by atoms with Gasteiger partial charge in [0, 0.05) is 33.2 Å². The average molecular weight is 331 g/mol. The molecule has 128 valence electrons. The maximum atomic E-state index is 10.9. The van der Waals surface area contributed by atoms with Gasteiger partial charge in [0.05, 0.1) is 6.10 Å². The first-order valence-electron chi connectivity index (χ1n) is 7.91. The van der Waals surface area contributed by atoms with E-state index in [0.29, 0.717) is 12.4 Å². The monoisotopic (exact) mass is 331 g/mol. The first-order chi connectivity index (χ1) is 11.5. The molecule has 1 aromatic heterocycles. The highest BCUT2D eigenvalue weighted by Gasteiger charge is 2.22. The fraction of sp³-hybridized carbons (Fsp3) is 0.438. The lowest BCUT2D eigenvalue weighted by Crippen LogP contribution is -2.39. The Labute approximate surface area is 139 Å². The molecule has 1 aromatic carbocycles. The van der Waals surface area contributed by atoms with Gasteiger partial charge in [-0.1, -0.05) is 24.3 Å². The second-order valence-corrected chi connectivity index (χ2v) is 6.07. The number of anilines is 1. The molecule has 0 radical (unpaired) electrons. The van der Waals surface area contributed by atoms with E-state index < -0.39 is 11.0 Å². The highest BCUT2D eigenvalue weighted by molar-refractivity contribution is 5.52. The van der Waals surface area contributed by atoms with Gasteiger partial charge in [0.1, 0.15) is 0 Å². The Bertz CT molecular complexity index is 730. The van der Waals surface area contributed by atoms with Crippen molar-refractivity contribution in [2.45, 2.75) is 19.1 Å². The number of aliphatic hydroxyl groups excluding tert-OH is 1. The fourth-order valence-electron chi connectivity index (χ4n) is 3.04. The van der Waals surface area contributed by atoms with E-state index in [-0.39, 0.29) is 12.4 Å². The number of benzene rings is 1. The number of β-amino-alcohol motifs (C(OH)–C–C–N with tert-alkyl or cyclic N) is 1. The van der Waals surface area contributed by atoms with E-state index in [9.17, 15) is 15.2 Å². The molecule has 0 bridgehead atoms. The molecule has 2 N–H and O–H groups in total. The zero-order valence-electron chi connectivity index (χ0n) is 13.6. The van der Waals surface area contributed by atoms with Crippen molar-refractivity contribution < 1.29 is 10.0 Å². The van der Waals surface area contributed by atoms with Crippen LogP contribution >= 0.6 is 0 Å². The summed E-state index contributed by atoms with van der Waals surface area (Å²) in [7, 11) is 1.68. The lowest BCUT2D eigenvalue weighted by atomic mass is 10.00. The summed E-state index contributed by atoms with van der Waals surface area (Å²) in [5, 5.41) is 24.1. The quantitative estimate of drug-likeness (QED) is 0.609. The number of rotatable bonds is 6. The standard InChI is InChI=1S/C16H21N5O3/c1-19-11-18-16(21(23)24)15(19)17-8-14(22)10-20-7-6-12-4-2-3-5-13(12)9-20/h2-5,11,14,17,22H,6-10H2,1H3. The van der Waals surface area contributed by atoms with E-state index >= 15 is 0 Å². The Morgan fingerprint density at radius 2 is 2.17 bits per heavy atom. The summed E-state index contributed by atoms with van der Waals surface area (Å²) < 4.78 is 1.54. The van der Waals surface area contributed by atoms with Crippen molar-refractivity contribution in [3.05, 3.63) is 51.8 Å². The van der Waals surface area contributed by atoms with E-state index in [1.54, 1.807) is 11.6 Å². The summed E-state index contributed by atoms with van der Waals surface area (Å²) >= 11 is 0. The number of aryl methyl sites for hydroxylation is 1. The summed E-state index contributed by atoms with van der Waals surface area (Å²) in [5.74, 6) is 0.0830. The molecule has 2 heterocycles. The number of nitrogens with zero attached hydrogens (tertiary/aromatic N) is 4. The van der Waals surface area contributed by atoms with Gasteiger partial charge in [0.2, 0.25) is 12.1 Å². The predicted octanol–water partition coefficient (Wildman–Crippen LogP) is 1.16. The Hall–Kier alpha value is -2.45. The van der Waals surface area contributed by atoms with E-state index in [4.69, 9.17) is 0 Å². The van der Waals surface area contributed by atoms with Crippen molar-refractivity contribution in [1.29, 1.82) is 0 Å². The van der Waals surface area contributed by atoms with Crippen LogP contribution in [0.25, 0.3) is 0 Å². The van der Waals surface area contributed by atoms with Crippen LogP contribution < -0.4 is 5.32 Å². The van der Waals surface area contributed by atoms with Gasteiger partial charge in [0.25, 0.3) is 0 Å². The molecule has 0 amide bonds. The number of fused-ring (bicyclic) bond motifs is 1. The van der Waals surface area contributed by atoms with Gasteiger partial charge < -0.3 is 20.5 Å². The minimum absolute atomic E-state index is 0.225. The molecule has 8 nitrogen and oxygen atoms in total. The molecule has 3 rings (SSSR count). The Balaban J connectivity index is 1.55. The predicted molar refractivity (Wildman–Crippen MR) is 89.8 cm³/mol. The second-order valence-electron chi connectivity index (χ2n) is 6.07. The van der Waals surface area contributed by atoms with Crippen molar-refractivity contribution in [2.24, 2.45) is 7.05 Å². The van der Waals surface area contributed by atoms with Crippen LogP contribution in [0, 0.1) is 10.1 Å². The third-order valence-corrected chi connectivity index (χ3v) is 4.27. The van der Waals surface area contributed by atoms with Crippen molar-refractivity contribution in [3.63, 3.8) is 0 Å². The third-order valence-electron chi connectivity index (χ3n) is 4.27. The molecule has 1 atom stereocenters. The summed E-state index contributed by atoms with van der Waals surface area (Å²) in [6, 6.07) is 8.34. The molecule has 8 heteroatoms.